The minimum Gasteiger partial charge on any atom is -0.376 e. The molecule has 1 saturated heterocycles. The molecule has 1 aromatic heterocycles. The normalized spacial score (nSPS) is 22.7. The molecule has 0 aliphatic carbocycles. The largest absolute Gasteiger partial charge is 0.376 e. The van der Waals surface area contributed by atoms with E-state index in [1.807, 2.05) is 13.0 Å². The van der Waals surface area contributed by atoms with Crippen LogP contribution >= 0.6 is 0 Å². The van der Waals surface area contributed by atoms with Gasteiger partial charge in [0.2, 0.25) is 0 Å². The van der Waals surface area contributed by atoms with Crippen LogP contribution in [0.15, 0.2) is 12.4 Å². The number of nitrogens with one attached hydrogen (secondary N) is 2. The Balaban J connectivity index is 1.98. The zero-order chi connectivity index (χ0) is 13.7. The molecule has 0 aromatic carbocycles. The maximum Gasteiger partial charge on any atom is 0.131 e. The number of hydrogen-bond donors (Lipinski definition) is 2. The summed E-state index contributed by atoms with van der Waals surface area (Å²) in [5, 5.41) is 6.60. The van der Waals surface area contributed by atoms with Gasteiger partial charge in [-0.1, -0.05) is 0 Å². The van der Waals surface area contributed by atoms with Gasteiger partial charge >= 0.3 is 0 Å². The molecule has 1 aliphatic heterocycles. The number of anilines is 2. The fourth-order valence-electron chi connectivity index (χ4n) is 2.05. The lowest BCUT2D eigenvalue weighted by atomic mass is 10.2. The smallest absolute Gasteiger partial charge is 0.131 e. The molecule has 1 aromatic rings. The third kappa shape index (κ3) is 4.04. The molecule has 0 amide bonds. The van der Waals surface area contributed by atoms with Gasteiger partial charge in [-0.25, -0.2) is 9.97 Å². The SMILES string of the molecule is CCO[C@@H]1COC[C@H]1Nc1cc(NC(C)C)ncn1. The lowest BCUT2D eigenvalue weighted by molar-refractivity contribution is 0.0478. The lowest BCUT2D eigenvalue weighted by Crippen LogP contribution is -2.34. The summed E-state index contributed by atoms with van der Waals surface area (Å²) in [5.41, 5.74) is 0. The van der Waals surface area contributed by atoms with Crippen molar-refractivity contribution in [2.45, 2.75) is 39.0 Å². The number of ether oxygens (including phenoxy) is 2. The van der Waals surface area contributed by atoms with Gasteiger partial charge < -0.3 is 20.1 Å². The molecule has 2 atom stereocenters. The highest BCUT2D eigenvalue weighted by atomic mass is 16.5. The van der Waals surface area contributed by atoms with E-state index in [2.05, 4.69) is 34.4 Å². The second-order valence-electron chi connectivity index (χ2n) is 4.87. The summed E-state index contributed by atoms with van der Waals surface area (Å²) in [5.74, 6) is 1.61. The van der Waals surface area contributed by atoms with Crippen LogP contribution in [-0.4, -0.2) is 48.0 Å². The molecule has 0 unspecified atom stereocenters. The first-order valence-corrected chi connectivity index (χ1v) is 6.73. The third-order valence-corrected chi connectivity index (χ3v) is 2.85. The van der Waals surface area contributed by atoms with E-state index in [0.29, 0.717) is 25.9 Å². The highest BCUT2D eigenvalue weighted by Crippen LogP contribution is 2.16. The standard InChI is InChI=1S/C13H22N4O2/c1-4-19-11-7-18-6-10(11)17-13-5-12(14-8-15-13)16-9(2)3/h5,8-11H,4,6-7H2,1-3H3,(H2,14,15,16,17)/t10-,11-/m1/s1. The third-order valence-electron chi connectivity index (χ3n) is 2.85. The minimum absolute atomic E-state index is 0.0847. The van der Waals surface area contributed by atoms with Gasteiger partial charge in [-0.05, 0) is 20.8 Å². The molecular formula is C13H22N4O2. The molecule has 6 nitrogen and oxygen atoms in total. The van der Waals surface area contributed by atoms with Crippen molar-refractivity contribution >= 4 is 11.6 Å². The quantitative estimate of drug-likeness (QED) is 0.813. The molecule has 0 radical (unpaired) electrons. The van der Waals surface area contributed by atoms with Crippen LogP contribution in [0.1, 0.15) is 20.8 Å². The summed E-state index contributed by atoms with van der Waals surface area (Å²) in [6.07, 6.45) is 1.64. The summed E-state index contributed by atoms with van der Waals surface area (Å²) >= 11 is 0. The van der Waals surface area contributed by atoms with E-state index < -0.39 is 0 Å². The average molecular weight is 266 g/mol. The molecule has 1 fully saturated rings. The lowest BCUT2D eigenvalue weighted by Gasteiger charge is -2.19. The fraction of sp³-hybridized carbons (Fsp3) is 0.692. The Morgan fingerprint density at radius 2 is 2.16 bits per heavy atom. The van der Waals surface area contributed by atoms with Crippen molar-refractivity contribution in [1.29, 1.82) is 0 Å². The van der Waals surface area contributed by atoms with Crippen molar-refractivity contribution in [3.63, 3.8) is 0 Å². The molecule has 2 N–H and O–H groups in total. The Kier molecular flexibility index (Phi) is 4.93. The number of hydrogen-bond acceptors (Lipinski definition) is 6. The molecule has 2 heterocycles. The summed E-state index contributed by atoms with van der Waals surface area (Å²) < 4.78 is 11.1. The molecule has 0 spiro atoms. The van der Waals surface area contributed by atoms with Crippen molar-refractivity contribution in [2.24, 2.45) is 0 Å². The first-order chi connectivity index (χ1) is 9.19. The summed E-state index contributed by atoms with van der Waals surface area (Å²) in [4.78, 5) is 8.42. The molecule has 19 heavy (non-hydrogen) atoms. The van der Waals surface area contributed by atoms with Gasteiger partial charge in [-0.15, -0.1) is 0 Å². The Bertz CT molecular complexity index is 400. The molecular weight excluding hydrogens is 244 g/mol. The van der Waals surface area contributed by atoms with E-state index in [0.717, 1.165) is 11.6 Å². The number of rotatable bonds is 6. The van der Waals surface area contributed by atoms with E-state index in [4.69, 9.17) is 9.47 Å². The predicted octanol–water partition coefficient (Wildman–Crippen LogP) is 1.51. The zero-order valence-corrected chi connectivity index (χ0v) is 11.7. The van der Waals surface area contributed by atoms with Gasteiger partial charge in [0.25, 0.3) is 0 Å². The van der Waals surface area contributed by atoms with E-state index >= 15 is 0 Å². The van der Waals surface area contributed by atoms with Crippen LogP contribution in [0.25, 0.3) is 0 Å². The molecule has 0 saturated carbocycles. The van der Waals surface area contributed by atoms with E-state index in [-0.39, 0.29) is 12.1 Å². The van der Waals surface area contributed by atoms with Crippen LogP contribution in [0.3, 0.4) is 0 Å². The maximum absolute atomic E-state index is 5.64. The fourth-order valence-corrected chi connectivity index (χ4v) is 2.05. The maximum atomic E-state index is 5.64. The summed E-state index contributed by atoms with van der Waals surface area (Å²) in [6.45, 7) is 8.10. The monoisotopic (exact) mass is 266 g/mol. The Morgan fingerprint density at radius 3 is 2.89 bits per heavy atom. The van der Waals surface area contributed by atoms with E-state index in [9.17, 15) is 0 Å². The first-order valence-electron chi connectivity index (χ1n) is 6.73. The molecule has 0 bridgehead atoms. The van der Waals surface area contributed by atoms with Crippen molar-refractivity contribution in [1.82, 2.24) is 9.97 Å². The van der Waals surface area contributed by atoms with Gasteiger partial charge in [0.1, 0.15) is 24.1 Å². The van der Waals surface area contributed by atoms with Gasteiger partial charge in [-0.3, -0.25) is 0 Å². The van der Waals surface area contributed by atoms with Gasteiger partial charge in [0.15, 0.2) is 0 Å². The van der Waals surface area contributed by atoms with Crippen molar-refractivity contribution < 1.29 is 9.47 Å². The molecule has 2 rings (SSSR count). The average Bonchev–Trinajstić information content (AvgIpc) is 2.77. The Hall–Kier alpha value is -1.40. The van der Waals surface area contributed by atoms with Crippen LogP contribution in [-0.2, 0) is 9.47 Å². The Labute approximate surface area is 113 Å². The highest BCUT2D eigenvalue weighted by molar-refractivity contribution is 5.47. The molecule has 6 heteroatoms. The summed E-state index contributed by atoms with van der Waals surface area (Å²) in [6, 6.07) is 2.39. The van der Waals surface area contributed by atoms with Crippen LogP contribution < -0.4 is 10.6 Å². The van der Waals surface area contributed by atoms with Crippen molar-refractivity contribution in [2.75, 3.05) is 30.5 Å². The van der Waals surface area contributed by atoms with Crippen molar-refractivity contribution in [3.05, 3.63) is 12.4 Å². The topological polar surface area (TPSA) is 68.3 Å². The van der Waals surface area contributed by atoms with Gasteiger partial charge in [0.05, 0.1) is 19.3 Å². The number of aromatic nitrogens is 2. The van der Waals surface area contributed by atoms with Gasteiger partial charge in [-0.2, -0.15) is 0 Å². The van der Waals surface area contributed by atoms with Gasteiger partial charge in [0, 0.05) is 18.7 Å². The molecule has 106 valence electrons. The van der Waals surface area contributed by atoms with Crippen LogP contribution in [0, 0.1) is 0 Å². The first kappa shape index (κ1) is 14.0. The van der Waals surface area contributed by atoms with Crippen LogP contribution in [0.5, 0.6) is 0 Å². The van der Waals surface area contributed by atoms with Crippen LogP contribution in [0.4, 0.5) is 11.6 Å². The van der Waals surface area contributed by atoms with Crippen molar-refractivity contribution in [3.8, 4) is 0 Å². The number of nitrogens with zero attached hydrogens (tertiary/aromatic N) is 2. The Morgan fingerprint density at radius 1 is 1.37 bits per heavy atom. The zero-order valence-electron chi connectivity index (χ0n) is 11.7. The summed E-state index contributed by atoms with van der Waals surface area (Å²) in [7, 11) is 0. The minimum atomic E-state index is 0.0847. The van der Waals surface area contributed by atoms with Crippen LogP contribution in [0.2, 0.25) is 0 Å². The molecule has 1 aliphatic rings. The van der Waals surface area contributed by atoms with E-state index in [1.54, 1.807) is 6.33 Å². The second kappa shape index (κ2) is 6.68. The highest BCUT2D eigenvalue weighted by Gasteiger charge is 2.28. The second-order valence-corrected chi connectivity index (χ2v) is 4.87. The van der Waals surface area contributed by atoms with E-state index in [1.165, 1.54) is 0 Å². The predicted molar refractivity (Wildman–Crippen MR) is 74.4 cm³/mol.